The van der Waals surface area contributed by atoms with Crippen LogP contribution in [0.15, 0.2) is 28.7 Å². The standard InChI is InChI=1S/C16H25BrN2/c1-12(10-14-5-7-15(17)8-6-14)19-13(2)11-16-4-3-9-18-16/h5-8,12-13,16,18-19H,3-4,9-11H2,1-2H3. The average molecular weight is 325 g/mol. The third-order valence-corrected chi connectivity index (χ3v) is 4.35. The maximum absolute atomic E-state index is 3.72. The first kappa shape index (κ1) is 15.0. The van der Waals surface area contributed by atoms with Crippen molar-refractivity contribution < 1.29 is 0 Å². The molecule has 3 atom stereocenters. The zero-order valence-electron chi connectivity index (χ0n) is 12.0. The van der Waals surface area contributed by atoms with E-state index in [4.69, 9.17) is 0 Å². The minimum atomic E-state index is 0.526. The summed E-state index contributed by atoms with van der Waals surface area (Å²) < 4.78 is 1.15. The minimum Gasteiger partial charge on any atom is -0.314 e. The highest BCUT2D eigenvalue weighted by Crippen LogP contribution is 2.14. The van der Waals surface area contributed by atoms with E-state index in [2.05, 4.69) is 64.7 Å². The van der Waals surface area contributed by atoms with Crippen molar-refractivity contribution >= 4 is 15.9 Å². The van der Waals surface area contributed by atoms with E-state index in [1.807, 2.05) is 0 Å². The summed E-state index contributed by atoms with van der Waals surface area (Å²) in [6.07, 6.45) is 5.01. The third-order valence-electron chi connectivity index (χ3n) is 3.82. The van der Waals surface area contributed by atoms with Crippen molar-refractivity contribution in [3.05, 3.63) is 34.3 Å². The van der Waals surface area contributed by atoms with Crippen molar-refractivity contribution in [2.75, 3.05) is 6.54 Å². The van der Waals surface area contributed by atoms with Crippen LogP contribution in [0.1, 0.15) is 38.7 Å². The van der Waals surface area contributed by atoms with Crippen LogP contribution in [-0.2, 0) is 6.42 Å². The molecule has 0 bridgehead atoms. The van der Waals surface area contributed by atoms with Crippen molar-refractivity contribution in [1.82, 2.24) is 10.6 Å². The van der Waals surface area contributed by atoms with Gasteiger partial charge in [0.15, 0.2) is 0 Å². The van der Waals surface area contributed by atoms with Crippen molar-refractivity contribution in [2.24, 2.45) is 0 Å². The maximum Gasteiger partial charge on any atom is 0.0175 e. The van der Waals surface area contributed by atoms with Gasteiger partial charge in [0.1, 0.15) is 0 Å². The van der Waals surface area contributed by atoms with E-state index in [0.29, 0.717) is 12.1 Å². The van der Waals surface area contributed by atoms with Crippen molar-refractivity contribution in [2.45, 2.75) is 57.7 Å². The monoisotopic (exact) mass is 324 g/mol. The Morgan fingerprint density at radius 1 is 1.26 bits per heavy atom. The van der Waals surface area contributed by atoms with Gasteiger partial charge in [-0.2, -0.15) is 0 Å². The average Bonchev–Trinajstić information content (AvgIpc) is 2.84. The molecule has 0 spiro atoms. The second kappa shape index (κ2) is 7.41. The molecule has 1 aliphatic heterocycles. The van der Waals surface area contributed by atoms with Gasteiger partial charge >= 0.3 is 0 Å². The van der Waals surface area contributed by atoms with Crippen LogP contribution in [0.5, 0.6) is 0 Å². The lowest BCUT2D eigenvalue weighted by Crippen LogP contribution is -2.39. The second-order valence-corrected chi connectivity index (χ2v) is 6.74. The molecule has 1 aromatic carbocycles. The Labute approximate surface area is 125 Å². The topological polar surface area (TPSA) is 24.1 Å². The third kappa shape index (κ3) is 5.25. The van der Waals surface area contributed by atoms with Crippen LogP contribution in [-0.4, -0.2) is 24.7 Å². The smallest absolute Gasteiger partial charge is 0.0175 e. The molecule has 2 nitrogen and oxygen atoms in total. The molecule has 0 radical (unpaired) electrons. The van der Waals surface area contributed by atoms with Crippen molar-refractivity contribution in [3.63, 3.8) is 0 Å². The quantitative estimate of drug-likeness (QED) is 0.836. The molecule has 19 heavy (non-hydrogen) atoms. The van der Waals surface area contributed by atoms with Crippen LogP contribution in [0, 0.1) is 0 Å². The Morgan fingerprint density at radius 2 is 2.00 bits per heavy atom. The molecule has 1 aliphatic rings. The summed E-state index contributed by atoms with van der Waals surface area (Å²) in [5.41, 5.74) is 1.40. The Morgan fingerprint density at radius 3 is 2.63 bits per heavy atom. The molecule has 0 saturated carbocycles. The molecule has 0 amide bonds. The van der Waals surface area contributed by atoms with E-state index in [1.165, 1.54) is 31.4 Å². The molecule has 1 aromatic rings. The molecule has 3 heteroatoms. The minimum absolute atomic E-state index is 0.526. The highest BCUT2D eigenvalue weighted by atomic mass is 79.9. The van der Waals surface area contributed by atoms with E-state index < -0.39 is 0 Å². The molecule has 1 heterocycles. The summed E-state index contributed by atoms with van der Waals surface area (Å²) >= 11 is 3.48. The van der Waals surface area contributed by atoms with Gasteiger partial charge in [0, 0.05) is 22.6 Å². The molecule has 106 valence electrons. The molecule has 2 rings (SSSR count). The SMILES string of the molecule is CC(Cc1ccc(Br)cc1)NC(C)CC1CCCN1. The Hall–Kier alpha value is -0.380. The van der Waals surface area contributed by atoms with E-state index in [0.717, 1.165) is 16.9 Å². The lowest BCUT2D eigenvalue weighted by atomic mass is 10.0. The van der Waals surface area contributed by atoms with E-state index in [1.54, 1.807) is 0 Å². The maximum atomic E-state index is 3.72. The normalized spacial score (nSPS) is 22.4. The Bertz CT molecular complexity index is 371. The fraction of sp³-hybridized carbons (Fsp3) is 0.625. The lowest BCUT2D eigenvalue weighted by Gasteiger charge is -2.23. The molecule has 0 aliphatic carbocycles. The Kier molecular flexibility index (Phi) is 5.86. The van der Waals surface area contributed by atoms with Gasteiger partial charge in [-0.15, -0.1) is 0 Å². The molecule has 3 unspecified atom stereocenters. The van der Waals surface area contributed by atoms with Crippen molar-refractivity contribution in [1.29, 1.82) is 0 Å². The number of benzene rings is 1. The van der Waals surface area contributed by atoms with E-state index >= 15 is 0 Å². The number of hydrogen-bond acceptors (Lipinski definition) is 2. The highest BCUT2D eigenvalue weighted by Gasteiger charge is 2.17. The first-order valence-corrected chi connectivity index (χ1v) is 8.16. The summed E-state index contributed by atoms with van der Waals surface area (Å²) in [5, 5.41) is 7.29. The summed E-state index contributed by atoms with van der Waals surface area (Å²) in [6, 6.07) is 10.5. The zero-order chi connectivity index (χ0) is 13.7. The van der Waals surface area contributed by atoms with Gasteiger partial charge in [-0.1, -0.05) is 28.1 Å². The summed E-state index contributed by atoms with van der Waals surface area (Å²) in [5.74, 6) is 0. The fourth-order valence-electron chi connectivity index (χ4n) is 2.97. The zero-order valence-corrected chi connectivity index (χ0v) is 13.5. The van der Waals surface area contributed by atoms with Crippen LogP contribution in [0.25, 0.3) is 0 Å². The number of nitrogens with one attached hydrogen (secondary N) is 2. The predicted molar refractivity (Wildman–Crippen MR) is 85.5 cm³/mol. The first-order valence-electron chi connectivity index (χ1n) is 7.37. The number of halogens is 1. The fourth-order valence-corrected chi connectivity index (χ4v) is 3.24. The van der Waals surface area contributed by atoms with Gasteiger partial charge in [0.25, 0.3) is 0 Å². The van der Waals surface area contributed by atoms with Gasteiger partial charge in [0.2, 0.25) is 0 Å². The van der Waals surface area contributed by atoms with Gasteiger partial charge in [-0.05, 0) is 63.8 Å². The first-order chi connectivity index (χ1) is 9.13. The molecular weight excluding hydrogens is 300 g/mol. The van der Waals surface area contributed by atoms with Crippen LogP contribution in [0.2, 0.25) is 0 Å². The molecule has 1 fully saturated rings. The van der Waals surface area contributed by atoms with E-state index in [9.17, 15) is 0 Å². The van der Waals surface area contributed by atoms with Crippen LogP contribution in [0.4, 0.5) is 0 Å². The van der Waals surface area contributed by atoms with Gasteiger partial charge in [0.05, 0.1) is 0 Å². The van der Waals surface area contributed by atoms with Crippen LogP contribution >= 0.6 is 15.9 Å². The predicted octanol–water partition coefficient (Wildman–Crippen LogP) is 3.50. The van der Waals surface area contributed by atoms with Gasteiger partial charge in [-0.3, -0.25) is 0 Å². The molecule has 2 N–H and O–H groups in total. The van der Waals surface area contributed by atoms with E-state index in [-0.39, 0.29) is 0 Å². The summed E-state index contributed by atoms with van der Waals surface area (Å²) in [6.45, 7) is 5.78. The largest absolute Gasteiger partial charge is 0.314 e. The summed E-state index contributed by atoms with van der Waals surface area (Å²) in [7, 11) is 0. The molecule has 1 saturated heterocycles. The van der Waals surface area contributed by atoms with Crippen LogP contribution in [0.3, 0.4) is 0 Å². The molecule has 0 aromatic heterocycles. The molecular formula is C16H25BrN2. The number of hydrogen-bond donors (Lipinski definition) is 2. The van der Waals surface area contributed by atoms with Gasteiger partial charge < -0.3 is 10.6 Å². The lowest BCUT2D eigenvalue weighted by molar-refractivity contribution is 0.401. The highest BCUT2D eigenvalue weighted by molar-refractivity contribution is 9.10. The Balaban J connectivity index is 1.73. The second-order valence-electron chi connectivity index (χ2n) is 5.83. The van der Waals surface area contributed by atoms with Gasteiger partial charge in [-0.25, -0.2) is 0 Å². The van der Waals surface area contributed by atoms with Crippen LogP contribution < -0.4 is 10.6 Å². The summed E-state index contributed by atoms with van der Waals surface area (Å²) in [4.78, 5) is 0. The van der Waals surface area contributed by atoms with Crippen molar-refractivity contribution in [3.8, 4) is 0 Å². The number of rotatable bonds is 6.